The number of nitrogens with zero attached hydrogens (tertiary/aromatic N) is 3. The lowest BCUT2D eigenvalue weighted by atomic mass is 10.1. The van der Waals surface area contributed by atoms with Crippen LogP contribution in [-0.2, 0) is 14.3 Å². The molecule has 178 valence electrons. The van der Waals surface area contributed by atoms with Gasteiger partial charge in [-0.15, -0.1) is 16.4 Å². The van der Waals surface area contributed by atoms with Gasteiger partial charge in [-0.25, -0.2) is 9.59 Å². The van der Waals surface area contributed by atoms with E-state index in [-0.39, 0.29) is 27.7 Å². The summed E-state index contributed by atoms with van der Waals surface area (Å²) in [5.74, 6) is -2.60. The number of carbonyl (C=O) groups is 4. The number of hydrogen-bond acceptors (Lipinski definition) is 9. The largest absolute Gasteiger partial charge is 0.462 e. The van der Waals surface area contributed by atoms with E-state index in [9.17, 15) is 19.2 Å². The van der Waals surface area contributed by atoms with Crippen LogP contribution >= 0.6 is 11.3 Å². The number of rotatable bonds is 8. The summed E-state index contributed by atoms with van der Waals surface area (Å²) in [6.07, 6.45) is 0. The predicted octanol–water partition coefficient (Wildman–Crippen LogP) is 2.28. The minimum atomic E-state index is -0.825. The third-order valence-corrected chi connectivity index (χ3v) is 5.82. The molecule has 2 heterocycles. The van der Waals surface area contributed by atoms with Crippen LogP contribution in [0.2, 0.25) is 0 Å². The molecular weight excluding hydrogens is 462 g/mol. The Morgan fingerprint density at radius 1 is 1.03 bits per heavy atom. The maximum atomic E-state index is 12.5. The average Bonchev–Trinajstić information content (AvgIpc) is 3.37. The molecule has 34 heavy (non-hydrogen) atoms. The van der Waals surface area contributed by atoms with Crippen LogP contribution in [-0.4, -0.2) is 59.0 Å². The second kappa shape index (κ2) is 10.7. The van der Waals surface area contributed by atoms with Crippen LogP contribution < -0.4 is 10.6 Å². The van der Waals surface area contributed by atoms with Crippen molar-refractivity contribution in [2.24, 2.45) is 0 Å². The summed E-state index contributed by atoms with van der Waals surface area (Å²) in [4.78, 5) is 51.0. The van der Waals surface area contributed by atoms with Gasteiger partial charge in [0.2, 0.25) is 0 Å². The van der Waals surface area contributed by atoms with Crippen LogP contribution in [0.25, 0.3) is 5.69 Å². The van der Waals surface area contributed by atoms with Crippen molar-refractivity contribution in [3.05, 3.63) is 57.7 Å². The molecule has 0 aliphatic carbocycles. The number of para-hydroxylation sites is 1. The van der Waals surface area contributed by atoms with Crippen molar-refractivity contribution in [2.45, 2.75) is 20.8 Å². The zero-order valence-electron chi connectivity index (χ0n) is 19.0. The Balaban J connectivity index is 1.72. The van der Waals surface area contributed by atoms with Crippen LogP contribution in [0.5, 0.6) is 0 Å². The number of anilines is 1. The number of ether oxygens (including phenoxy) is 2. The van der Waals surface area contributed by atoms with Crippen molar-refractivity contribution in [3.8, 4) is 5.69 Å². The molecule has 2 aromatic heterocycles. The number of nitrogens with one attached hydrogen (secondary N) is 2. The number of thiophene rings is 1. The molecule has 0 radical (unpaired) electrons. The fourth-order valence-corrected chi connectivity index (χ4v) is 4.14. The summed E-state index contributed by atoms with van der Waals surface area (Å²) in [6.45, 7) is 4.32. The van der Waals surface area contributed by atoms with E-state index in [0.717, 1.165) is 11.3 Å². The first-order valence-corrected chi connectivity index (χ1v) is 11.1. The molecular formula is C22H23N5O6S. The molecule has 0 unspecified atom stereocenters. The highest BCUT2D eigenvalue weighted by atomic mass is 32.1. The first-order valence-electron chi connectivity index (χ1n) is 10.3. The lowest BCUT2D eigenvalue weighted by molar-refractivity contribution is -0.119. The molecule has 0 saturated heterocycles. The molecule has 0 atom stereocenters. The normalized spacial score (nSPS) is 10.5. The first-order chi connectivity index (χ1) is 16.3. The predicted molar refractivity (Wildman–Crippen MR) is 123 cm³/mol. The van der Waals surface area contributed by atoms with Crippen LogP contribution in [0.1, 0.15) is 48.7 Å². The quantitative estimate of drug-likeness (QED) is 0.463. The highest BCUT2D eigenvalue weighted by Gasteiger charge is 2.27. The smallest absolute Gasteiger partial charge is 0.361 e. The van der Waals surface area contributed by atoms with Gasteiger partial charge >= 0.3 is 11.9 Å². The fraction of sp³-hybridized carbons (Fsp3) is 0.273. The Morgan fingerprint density at radius 3 is 2.38 bits per heavy atom. The summed E-state index contributed by atoms with van der Waals surface area (Å²) < 4.78 is 10.1. The summed E-state index contributed by atoms with van der Waals surface area (Å²) in [6, 6.07) is 9.01. The van der Waals surface area contributed by atoms with E-state index in [1.54, 1.807) is 32.9 Å². The summed E-state index contributed by atoms with van der Waals surface area (Å²) in [5.41, 5.74) is 1.42. The number of amides is 2. The molecule has 0 bridgehead atoms. The molecule has 2 N–H and O–H groups in total. The SMILES string of the molecule is CCOC(=O)c1c(NC(=O)COC(=O)c2nn(-c3ccccc3)nc2C)sc(C(=O)NC)c1C. The number of aryl methyl sites for hydroxylation is 1. The van der Waals surface area contributed by atoms with E-state index in [1.807, 2.05) is 18.2 Å². The van der Waals surface area contributed by atoms with E-state index in [0.29, 0.717) is 16.9 Å². The van der Waals surface area contributed by atoms with Gasteiger partial charge in [0.05, 0.1) is 28.4 Å². The third-order valence-electron chi connectivity index (χ3n) is 4.61. The minimum Gasteiger partial charge on any atom is -0.462 e. The van der Waals surface area contributed by atoms with Crippen molar-refractivity contribution in [2.75, 3.05) is 25.6 Å². The maximum absolute atomic E-state index is 12.5. The zero-order valence-corrected chi connectivity index (χ0v) is 19.8. The maximum Gasteiger partial charge on any atom is 0.361 e. The van der Waals surface area contributed by atoms with Gasteiger partial charge in [-0.3, -0.25) is 9.59 Å². The van der Waals surface area contributed by atoms with Gasteiger partial charge in [-0.1, -0.05) is 18.2 Å². The van der Waals surface area contributed by atoms with Gasteiger partial charge in [0.25, 0.3) is 11.8 Å². The Morgan fingerprint density at radius 2 is 1.74 bits per heavy atom. The van der Waals surface area contributed by atoms with Gasteiger partial charge < -0.3 is 20.1 Å². The summed E-state index contributed by atoms with van der Waals surface area (Å²) >= 11 is 0.924. The summed E-state index contributed by atoms with van der Waals surface area (Å²) in [5, 5.41) is 13.5. The topological polar surface area (TPSA) is 142 Å². The van der Waals surface area contributed by atoms with Crippen LogP contribution in [0.3, 0.4) is 0 Å². The van der Waals surface area contributed by atoms with E-state index >= 15 is 0 Å². The van der Waals surface area contributed by atoms with E-state index in [1.165, 1.54) is 11.8 Å². The van der Waals surface area contributed by atoms with Gasteiger partial charge in [-0.2, -0.15) is 9.90 Å². The van der Waals surface area contributed by atoms with E-state index in [2.05, 4.69) is 20.8 Å². The molecule has 0 aliphatic heterocycles. The van der Waals surface area contributed by atoms with Crippen molar-refractivity contribution < 1.29 is 28.7 Å². The molecule has 0 aliphatic rings. The standard InChI is InChI=1S/C22H23N5O6S/c1-5-32-21(30)16-12(2)18(19(29)23-4)34-20(16)24-15(28)11-33-22(31)17-13(3)25-27(26-17)14-9-7-6-8-10-14/h6-10H,5,11H2,1-4H3,(H,23,29)(H,24,28). The van der Waals surface area contributed by atoms with E-state index < -0.39 is 30.4 Å². The lowest BCUT2D eigenvalue weighted by Gasteiger charge is -2.07. The minimum absolute atomic E-state index is 0.0299. The fourth-order valence-electron chi connectivity index (χ4n) is 2.99. The molecule has 3 rings (SSSR count). The number of aromatic nitrogens is 3. The molecule has 0 fully saturated rings. The lowest BCUT2D eigenvalue weighted by Crippen LogP contribution is -2.22. The van der Waals surface area contributed by atoms with Crippen LogP contribution in [0.15, 0.2) is 30.3 Å². The first kappa shape index (κ1) is 24.6. The average molecular weight is 486 g/mol. The highest BCUT2D eigenvalue weighted by Crippen LogP contribution is 2.33. The van der Waals surface area contributed by atoms with Crippen molar-refractivity contribution in [1.29, 1.82) is 0 Å². The van der Waals surface area contributed by atoms with Crippen molar-refractivity contribution >= 4 is 40.1 Å². The summed E-state index contributed by atoms with van der Waals surface area (Å²) in [7, 11) is 1.46. The number of esters is 2. The number of hydrogen-bond donors (Lipinski definition) is 2. The Hall–Kier alpha value is -4.06. The molecule has 0 spiro atoms. The van der Waals surface area contributed by atoms with Gasteiger partial charge in [0.15, 0.2) is 12.3 Å². The molecule has 1 aromatic carbocycles. The zero-order chi connectivity index (χ0) is 24.8. The Bertz CT molecular complexity index is 1230. The molecule has 2 amide bonds. The Kier molecular flexibility index (Phi) is 7.74. The molecule has 0 saturated carbocycles. The van der Waals surface area contributed by atoms with Crippen LogP contribution in [0.4, 0.5) is 5.00 Å². The number of carbonyl (C=O) groups excluding carboxylic acids is 4. The Labute approximate surface area is 199 Å². The van der Waals surface area contributed by atoms with Gasteiger partial charge in [0, 0.05) is 7.05 Å². The second-order valence-corrected chi connectivity index (χ2v) is 7.96. The molecule has 3 aromatic rings. The van der Waals surface area contributed by atoms with Crippen molar-refractivity contribution in [3.63, 3.8) is 0 Å². The molecule has 11 nitrogen and oxygen atoms in total. The van der Waals surface area contributed by atoms with E-state index in [4.69, 9.17) is 9.47 Å². The number of benzene rings is 1. The molecule has 12 heteroatoms. The third kappa shape index (κ3) is 5.29. The van der Waals surface area contributed by atoms with Gasteiger partial charge in [-0.05, 0) is 38.5 Å². The van der Waals surface area contributed by atoms with Crippen molar-refractivity contribution in [1.82, 2.24) is 20.3 Å². The van der Waals surface area contributed by atoms with Gasteiger partial charge in [0.1, 0.15) is 5.00 Å². The van der Waals surface area contributed by atoms with Crippen LogP contribution in [0, 0.1) is 13.8 Å². The monoisotopic (exact) mass is 485 g/mol. The second-order valence-electron chi connectivity index (χ2n) is 6.94. The highest BCUT2D eigenvalue weighted by molar-refractivity contribution is 7.18.